The van der Waals surface area contributed by atoms with Gasteiger partial charge in [-0.1, -0.05) is 30.3 Å². The summed E-state index contributed by atoms with van der Waals surface area (Å²) in [5, 5.41) is 3.21. The van der Waals surface area contributed by atoms with E-state index in [-0.39, 0.29) is 11.8 Å². The van der Waals surface area contributed by atoms with E-state index in [0.717, 1.165) is 46.0 Å². The molecule has 4 rings (SSSR count). The van der Waals surface area contributed by atoms with Gasteiger partial charge in [0.15, 0.2) is 0 Å². The molecule has 1 fully saturated rings. The second-order valence-corrected chi connectivity index (χ2v) is 6.98. The van der Waals surface area contributed by atoms with Crippen LogP contribution in [0.1, 0.15) is 12.2 Å². The third-order valence-corrected chi connectivity index (χ3v) is 5.37. The molecule has 1 atom stereocenters. The number of thiophene rings is 1. The van der Waals surface area contributed by atoms with Crippen molar-refractivity contribution in [1.29, 1.82) is 0 Å². The van der Waals surface area contributed by atoms with Crippen LogP contribution in [0.3, 0.4) is 0 Å². The van der Waals surface area contributed by atoms with Crippen LogP contribution < -0.4 is 10.6 Å². The van der Waals surface area contributed by atoms with Crippen molar-refractivity contribution < 1.29 is 4.79 Å². The predicted molar refractivity (Wildman–Crippen MR) is 97.1 cm³/mol. The maximum atomic E-state index is 11.5. The Morgan fingerprint density at radius 2 is 2.08 bits per heavy atom. The number of nitrogens with zero attached hydrogens (tertiary/aromatic N) is 3. The molecule has 1 saturated heterocycles. The first-order chi connectivity index (χ1) is 11.6. The Kier molecular flexibility index (Phi) is 3.69. The van der Waals surface area contributed by atoms with Gasteiger partial charge in [0, 0.05) is 24.0 Å². The summed E-state index contributed by atoms with van der Waals surface area (Å²) in [6.45, 7) is 3.33. The summed E-state index contributed by atoms with van der Waals surface area (Å²) >= 11 is 1.63. The SMILES string of the molecule is Cc1nc(N2CC[C@@H](C(N)=O)C2)c2c(-c3ccccc3)csc2n1. The molecule has 1 aliphatic rings. The zero-order chi connectivity index (χ0) is 16.7. The summed E-state index contributed by atoms with van der Waals surface area (Å²) in [5.74, 6) is 1.34. The number of hydrogen-bond acceptors (Lipinski definition) is 5. The first kappa shape index (κ1) is 15.1. The number of anilines is 1. The molecule has 2 N–H and O–H groups in total. The van der Waals surface area contributed by atoms with Crippen LogP contribution in [-0.2, 0) is 4.79 Å². The van der Waals surface area contributed by atoms with Gasteiger partial charge in [-0.05, 0) is 18.9 Å². The largest absolute Gasteiger partial charge is 0.369 e. The highest BCUT2D eigenvalue weighted by Crippen LogP contribution is 2.39. The second-order valence-electron chi connectivity index (χ2n) is 6.12. The van der Waals surface area contributed by atoms with Crippen LogP contribution in [0.2, 0.25) is 0 Å². The zero-order valence-electron chi connectivity index (χ0n) is 13.4. The Labute approximate surface area is 144 Å². The van der Waals surface area contributed by atoms with Crippen molar-refractivity contribution in [2.75, 3.05) is 18.0 Å². The highest BCUT2D eigenvalue weighted by molar-refractivity contribution is 7.17. The molecule has 0 bridgehead atoms. The van der Waals surface area contributed by atoms with E-state index in [9.17, 15) is 4.79 Å². The van der Waals surface area contributed by atoms with Gasteiger partial charge in [0.1, 0.15) is 16.5 Å². The van der Waals surface area contributed by atoms with Crippen molar-refractivity contribution in [2.24, 2.45) is 11.7 Å². The average Bonchev–Trinajstić information content (AvgIpc) is 3.22. The van der Waals surface area contributed by atoms with Gasteiger partial charge in [-0.25, -0.2) is 9.97 Å². The number of primary amides is 1. The molecular formula is C18H18N4OS. The summed E-state index contributed by atoms with van der Waals surface area (Å²) in [4.78, 5) is 24.0. The summed E-state index contributed by atoms with van der Waals surface area (Å²) in [6.07, 6.45) is 0.782. The number of carbonyl (C=O) groups excluding carboxylic acids is 1. The maximum absolute atomic E-state index is 11.5. The lowest BCUT2D eigenvalue weighted by molar-refractivity contribution is -0.121. The van der Waals surface area contributed by atoms with Gasteiger partial charge >= 0.3 is 0 Å². The Bertz CT molecular complexity index is 906. The molecule has 0 radical (unpaired) electrons. The number of fused-ring (bicyclic) bond motifs is 1. The van der Waals surface area contributed by atoms with Crippen LogP contribution in [0.4, 0.5) is 5.82 Å². The third-order valence-electron chi connectivity index (χ3n) is 4.50. The summed E-state index contributed by atoms with van der Waals surface area (Å²) in [6, 6.07) is 10.3. The minimum absolute atomic E-state index is 0.103. The lowest BCUT2D eigenvalue weighted by Gasteiger charge is -2.19. The van der Waals surface area contributed by atoms with Gasteiger partial charge in [-0.3, -0.25) is 4.79 Å². The molecule has 0 unspecified atom stereocenters. The van der Waals surface area contributed by atoms with Crippen molar-refractivity contribution in [2.45, 2.75) is 13.3 Å². The van der Waals surface area contributed by atoms with Crippen LogP contribution in [0.15, 0.2) is 35.7 Å². The average molecular weight is 338 g/mol. The van der Waals surface area contributed by atoms with E-state index in [0.29, 0.717) is 6.54 Å². The van der Waals surface area contributed by atoms with E-state index in [4.69, 9.17) is 10.7 Å². The van der Waals surface area contributed by atoms with Gasteiger partial charge in [-0.15, -0.1) is 11.3 Å². The Morgan fingerprint density at radius 1 is 1.29 bits per heavy atom. The highest BCUT2D eigenvalue weighted by Gasteiger charge is 2.29. The number of aromatic nitrogens is 2. The first-order valence-electron chi connectivity index (χ1n) is 7.99. The molecule has 2 aromatic heterocycles. The molecule has 1 amide bonds. The fraction of sp³-hybridized carbons (Fsp3) is 0.278. The van der Waals surface area contributed by atoms with E-state index in [1.54, 1.807) is 11.3 Å². The van der Waals surface area contributed by atoms with Crippen molar-refractivity contribution in [3.8, 4) is 11.1 Å². The lowest BCUT2D eigenvalue weighted by Crippen LogP contribution is -2.28. The van der Waals surface area contributed by atoms with E-state index in [2.05, 4.69) is 27.4 Å². The van der Waals surface area contributed by atoms with E-state index >= 15 is 0 Å². The van der Waals surface area contributed by atoms with Gasteiger partial charge in [0.25, 0.3) is 0 Å². The fourth-order valence-electron chi connectivity index (χ4n) is 3.27. The fourth-order valence-corrected chi connectivity index (χ4v) is 4.26. The monoisotopic (exact) mass is 338 g/mol. The Morgan fingerprint density at radius 3 is 2.79 bits per heavy atom. The molecule has 0 spiro atoms. The quantitative estimate of drug-likeness (QED) is 0.797. The molecule has 5 nitrogen and oxygen atoms in total. The smallest absolute Gasteiger partial charge is 0.222 e. The molecule has 0 saturated carbocycles. The van der Waals surface area contributed by atoms with Crippen molar-refractivity contribution in [3.05, 3.63) is 41.5 Å². The molecule has 1 aliphatic heterocycles. The maximum Gasteiger partial charge on any atom is 0.222 e. The number of hydrogen-bond donors (Lipinski definition) is 1. The van der Waals surface area contributed by atoms with E-state index < -0.39 is 0 Å². The van der Waals surface area contributed by atoms with Crippen molar-refractivity contribution in [1.82, 2.24) is 9.97 Å². The summed E-state index contributed by atoms with van der Waals surface area (Å²) in [5.41, 5.74) is 7.79. The van der Waals surface area contributed by atoms with Crippen LogP contribution in [-0.4, -0.2) is 29.0 Å². The van der Waals surface area contributed by atoms with E-state index in [1.807, 2.05) is 25.1 Å². The van der Waals surface area contributed by atoms with Crippen molar-refractivity contribution >= 4 is 33.3 Å². The molecule has 1 aromatic carbocycles. The minimum Gasteiger partial charge on any atom is -0.369 e. The first-order valence-corrected chi connectivity index (χ1v) is 8.87. The number of amides is 1. The number of carbonyl (C=O) groups is 1. The molecule has 122 valence electrons. The van der Waals surface area contributed by atoms with Crippen molar-refractivity contribution in [3.63, 3.8) is 0 Å². The molecule has 0 aliphatic carbocycles. The highest BCUT2D eigenvalue weighted by atomic mass is 32.1. The van der Waals surface area contributed by atoms with Crippen LogP contribution in [0, 0.1) is 12.8 Å². The Hall–Kier alpha value is -2.47. The molecule has 6 heteroatoms. The van der Waals surface area contributed by atoms with Crippen LogP contribution in [0.5, 0.6) is 0 Å². The van der Waals surface area contributed by atoms with Gasteiger partial charge in [-0.2, -0.15) is 0 Å². The zero-order valence-corrected chi connectivity index (χ0v) is 14.2. The number of rotatable bonds is 3. The Balaban J connectivity index is 1.86. The van der Waals surface area contributed by atoms with Gasteiger partial charge < -0.3 is 10.6 Å². The third kappa shape index (κ3) is 2.53. The van der Waals surface area contributed by atoms with E-state index in [1.165, 1.54) is 0 Å². The molecule has 3 aromatic rings. The molecule has 24 heavy (non-hydrogen) atoms. The summed E-state index contributed by atoms with van der Waals surface area (Å²) < 4.78 is 0. The summed E-state index contributed by atoms with van der Waals surface area (Å²) in [7, 11) is 0. The van der Waals surface area contributed by atoms with Crippen LogP contribution >= 0.6 is 11.3 Å². The van der Waals surface area contributed by atoms with Gasteiger partial charge in [0.05, 0.1) is 11.3 Å². The minimum atomic E-state index is -0.229. The lowest BCUT2D eigenvalue weighted by atomic mass is 10.1. The molecular weight excluding hydrogens is 320 g/mol. The number of nitrogens with two attached hydrogens (primary N) is 1. The predicted octanol–water partition coefficient (Wildman–Crippen LogP) is 2.98. The normalized spacial score (nSPS) is 17.5. The molecule has 3 heterocycles. The number of benzene rings is 1. The van der Waals surface area contributed by atoms with Crippen LogP contribution in [0.25, 0.3) is 21.3 Å². The number of aryl methyl sites for hydroxylation is 1. The van der Waals surface area contributed by atoms with Gasteiger partial charge in [0.2, 0.25) is 5.91 Å². The standard InChI is InChI=1S/C18H18N4OS/c1-11-20-17(22-8-7-13(9-22)16(19)23)15-14(10-24-18(15)21-11)12-5-3-2-4-6-12/h2-6,10,13H,7-9H2,1H3,(H2,19,23)/t13-/m1/s1. The second kappa shape index (κ2) is 5.87. The topological polar surface area (TPSA) is 72.1 Å².